The van der Waals surface area contributed by atoms with Crippen molar-refractivity contribution in [2.75, 3.05) is 0 Å². The van der Waals surface area contributed by atoms with Crippen LogP contribution in [0.3, 0.4) is 0 Å². The van der Waals surface area contributed by atoms with Gasteiger partial charge in [0.1, 0.15) is 6.54 Å². The molecule has 0 spiro atoms. The van der Waals surface area contributed by atoms with Crippen LogP contribution in [0, 0.1) is 0 Å². The summed E-state index contributed by atoms with van der Waals surface area (Å²) in [7, 11) is 0. The Labute approximate surface area is 114 Å². The summed E-state index contributed by atoms with van der Waals surface area (Å²) in [6, 6.07) is 9.87. The molecule has 94 valence electrons. The number of halogens is 1. The summed E-state index contributed by atoms with van der Waals surface area (Å²) in [4.78, 5) is 11.8. The highest BCUT2D eigenvalue weighted by Gasteiger charge is 2.09. The molecule has 0 aliphatic heterocycles. The Bertz CT molecular complexity index is 524. The third-order valence-electron chi connectivity index (χ3n) is 2.58. The van der Waals surface area contributed by atoms with Gasteiger partial charge in [0.2, 0.25) is 5.91 Å². The first-order valence-electron chi connectivity index (χ1n) is 5.67. The predicted molar refractivity (Wildman–Crippen MR) is 72.9 cm³/mol. The zero-order valence-electron chi connectivity index (χ0n) is 10.0. The fourth-order valence-electron chi connectivity index (χ4n) is 1.68. The van der Waals surface area contributed by atoms with Crippen LogP contribution >= 0.6 is 15.9 Å². The van der Waals surface area contributed by atoms with Gasteiger partial charge >= 0.3 is 0 Å². The second-order valence-electron chi connectivity index (χ2n) is 4.06. The van der Waals surface area contributed by atoms with Gasteiger partial charge in [0.25, 0.3) is 0 Å². The van der Waals surface area contributed by atoms with Crippen molar-refractivity contribution in [1.82, 2.24) is 15.1 Å². The minimum atomic E-state index is -0.0537. The SMILES string of the molecule is CC(NC(=O)Cn1cc(Br)cn1)c1ccccc1. The maximum atomic E-state index is 11.8. The van der Waals surface area contributed by atoms with Crippen LogP contribution in [-0.4, -0.2) is 15.7 Å². The Morgan fingerprint density at radius 1 is 1.44 bits per heavy atom. The van der Waals surface area contributed by atoms with E-state index < -0.39 is 0 Å². The van der Waals surface area contributed by atoms with E-state index in [0.29, 0.717) is 0 Å². The lowest BCUT2D eigenvalue weighted by Crippen LogP contribution is -2.30. The smallest absolute Gasteiger partial charge is 0.242 e. The highest BCUT2D eigenvalue weighted by atomic mass is 79.9. The van der Waals surface area contributed by atoms with Gasteiger partial charge in [-0.05, 0) is 28.4 Å². The fraction of sp³-hybridized carbons (Fsp3) is 0.231. The minimum Gasteiger partial charge on any atom is -0.348 e. The topological polar surface area (TPSA) is 46.9 Å². The number of hydrogen-bond acceptors (Lipinski definition) is 2. The molecule has 5 heteroatoms. The first kappa shape index (κ1) is 12.8. The molecule has 0 saturated heterocycles. The Morgan fingerprint density at radius 3 is 2.78 bits per heavy atom. The van der Waals surface area contributed by atoms with E-state index in [1.54, 1.807) is 17.1 Å². The summed E-state index contributed by atoms with van der Waals surface area (Å²) in [5, 5.41) is 6.98. The molecule has 1 aromatic carbocycles. The molecule has 1 heterocycles. The van der Waals surface area contributed by atoms with Crippen molar-refractivity contribution in [1.29, 1.82) is 0 Å². The number of carbonyl (C=O) groups is 1. The summed E-state index contributed by atoms with van der Waals surface area (Å²) in [5.74, 6) is -0.0537. The lowest BCUT2D eigenvalue weighted by atomic mass is 10.1. The quantitative estimate of drug-likeness (QED) is 0.943. The second-order valence-corrected chi connectivity index (χ2v) is 4.97. The molecule has 0 aliphatic rings. The molecule has 1 atom stereocenters. The molecule has 2 aromatic rings. The first-order valence-corrected chi connectivity index (χ1v) is 6.47. The Morgan fingerprint density at radius 2 is 2.17 bits per heavy atom. The summed E-state index contributed by atoms with van der Waals surface area (Å²) < 4.78 is 2.46. The largest absolute Gasteiger partial charge is 0.348 e. The number of aromatic nitrogens is 2. The fourth-order valence-corrected chi connectivity index (χ4v) is 2.01. The van der Waals surface area contributed by atoms with Gasteiger partial charge in [0.05, 0.1) is 16.7 Å². The highest BCUT2D eigenvalue weighted by molar-refractivity contribution is 9.10. The molecule has 18 heavy (non-hydrogen) atoms. The van der Waals surface area contributed by atoms with Crippen molar-refractivity contribution >= 4 is 21.8 Å². The highest BCUT2D eigenvalue weighted by Crippen LogP contribution is 2.11. The van der Waals surface area contributed by atoms with Gasteiger partial charge in [-0.2, -0.15) is 5.10 Å². The van der Waals surface area contributed by atoms with Gasteiger partial charge in [-0.25, -0.2) is 0 Å². The predicted octanol–water partition coefficient (Wildman–Crippen LogP) is 2.52. The maximum Gasteiger partial charge on any atom is 0.242 e. The molecule has 0 bridgehead atoms. The van der Waals surface area contributed by atoms with Crippen molar-refractivity contribution in [2.45, 2.75) is 19.5 Å². The van der Waals surface area contributed by atoms with E-state index in [1.807, 2.05) is 37.3 Å². The van der Waals surface area contributed by atoms with Crippen LogP contribution in [0.2, 0.25) is 0 Å². The Hall–Kier alpha value is -1.62. The van der Waals surface area contributed by atoms with Gasteiger partial charge in [-0.15, -0.1) is 0 Å². The number of nitrogens with zero attached hydrogens (tertiary/aromatic N) is 2. The average molecular weight is 308 g/mol. The molecule has 0 radical (unpaired) electrons. The third-order valence-corrected chi connectivity index (χ3v) is 2.99. The van der Waals surface area contributed by atoms with Gasteiger partial charge in [0.15, 0.2) is 0 Å². The number of nitrogens with one attached hydrogen (secondary N) is 1. The van der Waals surface area contributed by atoms with Gasteiger partial charge in [-0.3, -0.25) is 9.48 Å². The number of hydrogen-bond donors (Lipinski definition) is 1. The monoisotopic (exact) mass is 307 g/mol. The standard InChI is InChI=1S/C13H14BrN3O/c1-10(11-5-3-2-4-6-11)16-13(18)9-17-8-12(14)7-15-17/h2-8,10H,9H2,1H3,(H,16,18). The summed E-state index contributed by atoms with van der Waals surface area (Å²) in [6.07, 6.45) is 3.43. The van der Waals surface area contributed by atoms with Crippen molar-refractivity contribution in [3.63, 3.8) is 0 Å². The number of benzene rings is 1. The van der Waals surface area contributed by atoms with Crippen LogP contribution in [0.15, 0.2) is 47.2 Å². The molecule has 1 N–H and O–H groups in total. The summed E-state index contributed by atoms with van der Waals surface area (Å²) >= 11 is 3.29. The van der Waals surface area contributed by atoms with Crippen molar-refractivity contribution in [3.8, 4) is 0 Å². The van der Waals surface area contributed by atoms with Gasteiger partial charge in [-0.1, -0.05) is 30.3 Å². The van der Waals surface area contributed by atoms with E-state index in [2.05, 4.69) is 26.3 Å². The second kappa shape index (κ2) is 5.82. The average Bonchev–Trinajstić information content (AvgIpc) is 2.75. The minimum absolute atomic E-state index is 0.00213. The lowest BCUT2D eigenvalue weighted by Gasteiger charge is -2.14. The number of rotatable bonds is 4. The molecular weight excluding hydrogens is 294 g/mol. The Balaban J connectivity index is 1.92. The van der Waals surface area contributed by atoms with E-state index in [-0.39, 0.29) is 18.5 Å². The molecule has 1 aromatic heterocycles. The van der Waals surface area contributed by atoms with Crippen LogP contribution in [0.5, 0.6) is 0 Å². The van der Waals surface area contributed by atoms with Gasteiger partial charge in [0, 0.05) is 6.20 Å². The Kier molecular flexibility index (Phi) is 4.15. The van der Waals surface area contributed by atoms with E-state index in [9.17, 15) is 4.79 Å². The number of amides is 1. The van der Waals surface area contributed by atoms with E-state index in [4.69, 9.17) is 0 Å². The molecule has 2 rings (SSSR count). The zero-order valence-corrected chi connectivity index (χ0v) is 11.6. The van der Waals surface area contributed by atoms with E-state index in [0.717, 1.165) is 10.0 Å². The van der Waals surface area contributed by atoms with Crippen LogP contribution in [-0.2, 0) is 11.3 Å². The van der Waals surface area contributed by atoms with E-state index in [1.165, 1.54) is 0 Å². The van der Waals surface area contributed by atoms with Crippen LogP contribution in [0.1, 0.15) is 18.5 Å². The van der Waals surface area contributed by atoms with Crippen molar-refractivity contribution in [3.05, 3.63) is 52.8 Å². The molecular formula is C13H14BrN3O. The zero-order chi connectivity index (χ0) is 13.0. The molecule has 1 unspecified atom stereocenters. The van der Waals surface area contributed by atoms with Crippen LogP contribution in [0.25, 0.3) is 0 Å². The van der Waals surface area contributed by atoms with Crippen LogP contribution < -0.4 is 5.32 Å². The third kappa shape index (κ3) is 3.43. The van der Waals surface area contributed by atoms with Crippen molar-refractivity contribution < 1.29 is 4.79 Å². The molecule has 4 nitrogen and oxygen atoms in total. The first-order chi connectivity index (χ1) is 8.65. The summed E-state index contributed by atoms with van der Waals surface area (Å²) in [5.41, 5.74) is 1.09. The molecule has 1 amide bonds. The maximum absolute atomic E-state index is 11.8. The molecule has 0 aliphatic carbocycles. The van der Waals surface area contributed by atoms with E-state index >= 15 is 0 Å². The van der Waals surface area contributed by atoms with Gasteiger partial charge < -0.3 is 5.32 Å². The lowest BCUT2D eigenvalue weighted by molar-refractivity contribution is -0.122. The van der Waals surface area contributed by atoms with Crippen molar-refractivity contribution in [2.24, 2.45) is 0 Å². The summed E-state index contributed by atoms with van der Waals surface area (Å²) in [6.45, 7) is 2.19. The van der Waals surface area contributed by atoms with Crippen LogP contribution in [0.4, 0.5) is 0 Å². The number of carbonyl (C=O) groups excluding carboxylic acids is 1. The molecule has 0 fully saturated rings. The normalized spacial score (nSPS) is 12.1. The molecule has 0 saturated carbocycles.